The maximum Gasteiger partial charge on any atom is 0.387 e. The summed E-state index contributed by atoms with van der Waals surface area (Å²) in [6.45, 7) is -0.709. The van der Waals surface area contributed by atoms with Gasteiger partial charge in [0.15, 0.2) is 23.9 Å². The lowest BCUT2D eigenvalue weighted by atomic mass is 10.0. The molecule has 3 aromatic rings. The van der Waals surface area contributed by atoms with Gasteiger partial charge in [-0.2, -0.15) is 13.5 Å². The molecule has 1 N–H and O–H groups in total. The smallest absolute Gasteiger partial charge is 0.387 e. The van der Waals surface area contributed by atoms with Crippen LogP contribution in [0.2, 0.25) is 10.0 Å². The van der Waals surface area contributed by atoms with Crippen LogP contribution in [0.15, 0.2) is 48.8 Å². The van der Waals surface area contributed by atoms with Gasteiger partial charge in [-0.3, -0.25) is 28.9 Å². The predicted molar refractivity (Wildman–Crippen MR) is 190 cm³/mol. The van der Waals surface area contributed by atoms with Gasteiger partial charge in [-0.25, -0.2) is 8.42 Å². The number of sulfonamides is 1. The van der Waals surface area contributed by atoms with E-state index in [1.165, 1.54) is 36.4 Å². The minimum absolute atomic E-state index is 0.0418. The number of pyridine rings is 1. The van der Waals surface area contributed by atoms with E-state index in [1.807, 2.05) is 0 Å². The number of carbonyl (C=O) groups is 3. The second-order valence-corrected chi connectivity index (χ2v) is 15.6. The number of carbonyl (C=O) groups excluding carboxylic acids is 3. The van der Waals surface area contributed by atoms with Crippen LogP contribution in [0.1, 0.15) is 57.2 Å². The van der Waals surface area contributed by atoms with Crippen molar-refractivity contribution in [1.82, 2.24) is 9.80 Å². The van der Waals surface area contributed by atoms with Crippen LogP contribution < -0.4 is 18.9 Å². The number of imide groups is 1. The Hall–Kier alpha value is -4.29. The lowest BCUT2D eigenvalue weighted by Crippen LogP contribution is -2.37. The maximum atomic E-state index is 13.6. The molecule has 0 spiro atoms. The molecule has 54 heavy (non-hydrogen) atoms. The molecule has 290 valence electrons. The molecular formula is C35H36Cl2F2N4O10S. The summed E-state index contributed by atoms with van der Waals surface area (Å²) in [6, 6.07) is 8.05. The Kier molecular flexibility index (Phi) is 12.4. The van der Waals surface area contributed by atoms with Crippen molar-refractivity contribution in [3.8, 4) is 11.5 Å². The van der Waals surface area contributed by atoms with Gasteiger partial charge < -0.3 is 24.2 Å². The van der Waals surface area contributed by atoms with Crippen molar-refractivity contribution in [2.45, 2.75) is 38.4 Å². The Bertz CT molecular complexity index is 1990. The summed E-state index contributed by atoms with van der Waals surface area (Å²) in [6.07, 6.45) is 2.75. The summed E-state index contributed by atoms with van der Waals surface area (Å²) in [5.74, 6) is -3.12. The van der Waals surface area contributed by atoms with Gasteiger partial charge in [0.2, 0.25) is 10.0 Å². The van der Waals surface area contributed by atoms with E-state index in [1.54, 1.807) is 0 Å². The maximum absolute atomic E-state index is 13.6. The molecule has 1 saturated carbocycles. The van der Waals surface area contributed by atoms with Gasteiger partial charge in [0.05, 0.1) is 42.4 Å². The van der Waals surface area contributed by atoms with Crippen LogP contribution in [0.25, 0.3) is 0 Å². The standard InChI is InChI=1S/C35H36Cl2F2N4O10S/c36-25-17-42(47)18-26(37)24(25)16-29(22-7-8-28(53-35(38)39)30(15-22)51-20-21-5-6-21)52-31(44)19-43-33(45)23-3-1-4-27(32(23)34(43)46)40-54(48,49)14-2-9-41-10-12-50-13-11-41/h1,3-4,7-8,15,17-18,21,29,35,40H,2,5-6,9-14,16,19-20H2/t29-/m0/s1. The van der Waals surface area contributed by atoms with Gasteiger partial charge in [0.25, 0.3) is 11.8 Å². The average Bonchev–Trinajstić information content (AvgIpc) is 3.91. The number of morpholine rings is 1. The molecule has 1 aromatic heterocycles. The number of ether oxygens (including phenoxy) is 4. The molecule has 0 unspecified atom stereocenters. The first-order valence-electron chi connectivity index (χ1n) is 17.1. The average molecular weight is 814 g/mol. The molecule has 3 aliphatic rings. The van der Waals surface area contributed by atoms with E-state index in [-0.39, 0.29) is 74.2 Å². The van der Waals surface area contributed by atoms with Gasteiger partial charge in [0.1, 0.15) is 22.7 Å². The molecule has 19 heteroatoms. The van der Waals surface area contributed by atoms with Crippen LogP contribution in [0.4, 0.5) is 14.5 Å². The number of alkyl halides is 2. The highest BCUT2D eigenvalue weighted by atomic mass is 35.5. The molecule has 2 amide bonds. The van der Waals surface area contributed by atoms with E-state index in [4.69, 9.17) is 37.4 Å². The molecule has 2 aromatic carbocycles. The van der Waals surface area contributed by atoms with Gasteiger partial charge in [-0.05, 0) is 61.6 Å². The zero-order chi connectivity index (χ0) is 38.6. The van der Waals surface area contributed by atoms with E-state index >= 15 is 0 Å². The molecule has 1 saturated heterocycles. The minimum Gasteiger partial charge on any atom is -0.619 e. The van der Waals surface area contributed by atoms with Crippen LogP contribution >= 0.6 is 23.2 Å². The number of aromatic nitrogens is 1. The lowest BCUT2D eigenvalue weighted by Gasteiger charge is -2.26. The molecule has 3 heterocycles. The summed E-state index contributed by atoms with van der Waals surface area (Å²) in [5, 5.41) is 11.8. The molecule has 14 nitrogen and oxygen atoms in total. The predicted octanol–water partition coefficient (Wildman–Crippen LogP) is 4.60. The fraction of sp³-hybridized carbons (Fsp3) is 0.429. The number of hydrogen-bond acceptors (Lipinski definition) is 11. The second-order valence-electron chi connectivity index (χ2n) is 13.0. The first kappa shape index (κ1) is 39.4. The number of anilines is 1. The van der Waals surface area contributed by atoms with Gasteiger partial charge in [-0.15, -0.1) is 0 Å². The number of fused-ring (bicyclic) bond motifs is 1. The Morgan fingerprint density at radius 3 is 2.46 bits per heavy atom. The number of benzene rings is 2. The van der Waals surface area contributed by atoms with Crippen LogP contribution in [0.5, 0.6) is 11.5 Å². The molecule has 6 rings (SSSR count). The lowest BCUT2D eigenvalue weighted by molar-refractivity contribution is -0.605. The van der Waals surface area contributed by atoms with Crippen molar-refractivity contribution in [1.29, 1.82) is 0 Å². The summed E-state index contributed by atoms with van der Waals surface area (Å²) in [5.41, 5.74) is -0.00321. The number of rotatable bonds is 17. The van der Waals surface area contributed by atoms with Crippen molar-refractivity contribution in [3.63, 3.8) is 0 Å². The zero-order valence-electron chi connectivity index (χ0n) is 28.7. The van der Waals surface area contributed by atoms with Crippen molar-refractivity contribution in [2.24, 2.45) is 5.92 Å². The first-order valence-corrected chi connectivity index (χ1v) is 19.5. The van der Waals surface area contributed by atoms with Crippen molar-refractivity contribution in [3.05, 3.63) is 86.3 Å². The number of amides is 2. The van der Waals surface area contributed by atoms with Crippen LogP contribution in [-0.4, -0.2) is 94.4 Å². The molecule has 1 atom stereocenters. The monoisotopic (exact) mass is 812 g/mol. The van der Waals surface area contributed by atoms with Crippen molar-refractivity contribution in [2.75, 3.05) is 56.5 Å². The van der Waals surface area contributed by atoms with Crippen LogP contribution in [0, 0.1) is 11.1 Å². The van der Waals surface area contributed by atoms with Gasteiger partial charge in [0, 0.05) is 25.1 Å². The number of nitrogens with one attached hydrogen (secondary N) is 1. The Morgan fingerprint density at radius 1 is 1.06 bits per heavy atom. The third-order valence-corrected chi connectivity index (χ3v) is 11.0. The van der Waals surface area contributed by atoms with Crippen molar-refractivity contribution >= 4 is 56.7 Å². The number of esters is 1. The molecule has 2 fully saturated rings. The number of halogens is 4. The molecular weight excluding hydrogens is 777 g/mol. The summed E-state index contributed by atoms with van der Waals surface area (Å²) in [4.78, 5) is 43.3. The fourth-order valence-electron chi connectivity index (χ4n) is 6.07. The van der Waals surface area contributed by atoms with Gasteiger partial charge in [-0.1, -0.05) is 35.3 Å². The topological polar surface area (TPSA) is 168 Å². The van der Waals surface area contributed by atoms with Gasteiger partial charge >= 0.3 is 12.6 Å². The van der Waals surface area contributed by atoms with E-state index in [2.05, 4.69) is 14.4 Å². The largest absolute Gasteiger partial charge is 0.619 e. The fourth-order valence-corrected chi connectivity index (χ4v) is 7.79. The van der Waals surface area contributed by atoms with Crippen LogP contribution in [0.3, 0.4) is 0 Å². The molecule has 0 radical (unpaired) electrons. The normalized spacial score (nSPS) is 16.7. The zero-order valence-corrected chi connectivity index (χ0v) is 31.0. The quantitative estimate of drug-likeness (QED) is 0.0876. The molecule has 2 aliphatic heterocycles. The van der Waals surface area contributed by atoms with Crippen molar-refractivity contribution < 1.29 is 55.3 Å². The number of hydrogen-bond donors (Lipinski definition) is 1. The minimum atomic E-state index is -3.93. The number of nitrogens with zero attached hydrogens (tertiary/aromatic N) is 3. The van der Waals surface area contributed by atoms with E-state index in [0.717, 1.165) is 25.2 Å². The van der Waals surface area contributed by atoms with E-state index in [9.17, 15) is 36.8 Å². The summed E-state index contributed by atoms with van der Waals surface area (Å²) < 4.78 is 76.8. The van der Waals surface area contributed by atoms with Crippen LogP contribution in [-0.2, 0) is 30.7 Å². The highest BCUT2D eigenvalue weighted by molar-refractivity contribution is 7.92. The molecule has 1 aliphatic carbocycles. The Morgan fingerprint density at radius 2 is 1.78 bits per heavy atom. The third kappa shape index (κ3) is 9.87. The third-order valence-electron chi connectivity index (χ3n) is 8.99. The SMILES string of the molecule is O=C(CN1C(=O)c2cccc(NS(=O)(=O)CCCN3CCOCC3)c2C1=O)O[C@@H](Cc1c(Cl)c[n+]([O-])cc1Cl)c1ccc(OC(F)F)c(OCC2CC2)c1. The highest BCUT2D eigenvalue weighted by Crippen LogP contribution is 2.38. The van der Waals surface area contributed by atoms with E-state index in [0.29, 0.717) is 48.9 Å². The second kappa shape index (κ2) is 17.0. The summed E-state index contributed by atoms with van der Waals surface area (Å²) >= 11 is 12.7. The highest BCUT2D eigenvalue weighted by Gasteiger charge is 2.40. The molecule has 0 bridgehead atoms. The van der Waals surface area contributed by atoms with E-state index < -0.39 is 47.1 Å². The Balaban J connectivity index is 1.20. The Labute approximate surface area is 319 Å². The summed E-state index contributed by atoms with van der Waals surface area (Å²) in [7, 11) is -3.93. The first-order chi connectivity index (χ1) is 25.8.